The Bertz CT molecular complexity index is 1030. The second kappa shape index (κ2) is 9.72. The summed E-state index contributed by atoms with van der Waals surface area (Å²) in [6.45, 7) is 5.13. The molecule has 2 amide bonds. The van der Waals surface area contributed by atoms with Crippen molar-refractivity contribution in [3.8, 4) is 0 Å². The van der Waals surface area contributed by atoms with Crippen molar-refractivity contribution < 1.29 is 18.0 Å². The van der Waals surface area contributed by atoms with E-state index < -0.39 is 10.0 Å². The van der Waals surface area contributed by atoms with Crippen molar-refractivity contribution in [1.82, 2.24) is 14.9 Å². The standard InChI is InChI=1S/C21H27N3O4S2/c1-15-3-4-16(2)19(13-15)30(27,28)23-10-9-22-20(25)5-6-21(26)24-11-7-18-17(14-24)8-12-29-18/h3-4,8,12-13,23H,5-7,9-11,14H2,1-2H3,(H,22,25). The molecule has 2 N–H and O–H groups in total. The molecule has 0 aliphatic carbocycles. The minimum absolute atomic E-state index is 0.0300. The Morgan fingerprint density at radius 3 is 2.73 bits per heavy atom. The number of carbonyl (C=O) groups is 2. The number of benzene rings is 1. The third-order valence-corrected chi connectivity index (χ3v) is 7.72. The van der Waals surface area contributed by atoms with Crippen LogP contribution in [0.3, 0.4) is 0 Å². The first kappa shape index (κ1) is 22.5. The zero-order valence-electron chi connectivity index (χ0n) is 17.2. The Hall–Kier alpha value is -2.23. The highest BCUT2D eigenvalue weighted by Crippen LogP contribution is 2.24. The van der Waals surface area contributed by atoms with Gasteiger partial charge in [0.1, 0.15) is 0 Å². The van der Waals surface area contributed by atoms with Crippen molar-refractivity contribution in [2.24, 2.45) is 0 Å². The van der Waals surface area contributed by atoms with Crippen LogP contribution in [0.15, 0.2) is 34.5 Å². The Kier molecular flexibility index (Phi) is 7.27. The van der Waals surface area contributed by atoms with Crippen LogP contribution in [0.25, 0.3) is 0 Å². The highest BCUT2D eigenvalue weighted by molar-refractivity contribution is 7.89. The van der Waals surface area contributed by atoms with Gasteiger partial charge in [0.05, 0.1) is 4.90 Å². The lowest BCUT2D eigenvalue weighted by atomic mass is 10.1. The molecule has 3 rings (SSSR count). The zero-order valence-corrected chi connectivity index (χ0v) is 18.9. The molecule has 0 spiro atoms. The second-order valence-corrected chi connectivity index (χ2v) is 10.2. The molecule has 0 saturated heterocycles. The van der Waals surface area contributed by atoms with Crippen LogP contribution in [-0.4, -0.2) is 44.8 Å². The molecule has 0 fully saturated rings. The number of amides is 2. The van der Waals surface area contributed by atoms with Crippen LogP contribution in [-0.2, 0) is 32.6 Å². The van der Waals surface area contributed by atoms with E-state index in [1.807, 2.05) is 24.4 Å². The minimum atomic E-state index is -3.63. The molecule has 7 nitrogen and oxygen atoms in total. The highest BCUT2D eigenvalue weighted by Gasteiger charge is 2.22. The van der Waals surface area contributed by atoms with Crippen LogP contribution < -0.4 is 10.0 Å². The predicted molar refractivity (Wildman–Crippen MR) is 117 cm³/mol. The van der Waals surface area contributed by atoms with Gasteiger partial charge in [0.15, 0.2) is 0 Å². The van der Waals surface area contributed by atoms with Crippen LogP contribution in [0, 0.1) is 13.8 Å². The molecule has 30 heavy (non-hydrogen) atoms. The second-order valence-electron chi connectivity index (χ2n) is 7.45. The Balaban J connectivity index is 1.38. The summed E-state index contributed by atoms with van der Waals surface area (Å²) in [5.74, 6) is -0.292. The minimum Gasteiger partial charge on any atom is -0.355 e. The fourth-order valence-corrected chi connectivity index (χ4v) is 5.64. The predicted octanol–water partition coefficient (Wildman–Crippen LogP) is 2.12. The summed E-state index contributed by atoms with van der Waals surface area (Å²) in [4.78, 5) is 27.8. The van der Waals surface area contributed by atoms with E-state index in [1.165, 1.54) is 10.4 Å². The first-order chi connectivity index (χ1) is 14.3. The van der Waals surface area contributed by atoms with E-state index >= 15 is 0 Å². The molecule has 9 heteroatoms. The van der Waals surface area contributed by atoms with Gasteiger partial charge in [0, 0.05) is 43.9 Å². The molecular weight excluding hydrogens is 422 g/mol. The van der Waals surface area contributed by atoms with Gasteiger partial charge in [0.25, 0.3) is 0 Å². The number of aryl methyl sites for hydroxylation is 2. The number of sulfonamides is 1. The van der Waals surface area contributed by atoms with Crippen LogP contribution >= 0.6 is 11.3 Å². The molecule has 0 saturated carbocycles. The van der Waals surface area contributed by atoms with Crippen LogP contribution in [0.1, 0.15) is 34.4 Å². The smallest absolute Gasteiger partial charge is 0.240 e. The summed E-state index contributed by atoms with van der Waals surface area (Å²) in [7, 11) is -3.63. The van der Waals surface area contributed by atoms with Crippen molar-refractivity contribution in [1.29, 1.82) is 0 Å². The number of hydrogen-bond donors (Lipinski definition) is 2. The van der Waals surface area contributed by atoms with Crippen molar-refractivity contribution >= 4 is 33.2 Å². The topological polar surface area (TPSA) is 95.6 Å². The zero-order chi connectivity index (χ0) is 21.7. The third kappa shape index (κ3) is 5.68. The number of thiophene rings is 1. The van der Waals surface area contributed by atoms with E-state index in [0.717, 1.165) is 12.0 Å². The summed E-state index contributed by atoms with van der Waals surface area (Å²) in [5.41, 5.74) is 2.73. The van der Waals surface area contributed by atoms with E-state index in [0.29, 0.717) is 18.7 Å². The summed E-state index contributed by atoms with van der Waals surface area (Å²) in [5, 5.41) is 4.71. The normalized spacial score (nSPS) is 13.7. The van der Waals surface area contributed by atoms with E-state index in [-0.39, 0.29) is 42.6 Å². The van der Waals surface area contributed by atoms with E-state index in [9.17, 15) is 18.0 Å². The molecule has 0 atom stereocenters. The highest BCUT2D eigenvalue weighted by atomic mass is 32.2. The number of rotatable bonds is 8. The van der Waals surface area contributed by atoms with E-state index in [1.54, 1.807) is 35.3 Å². The largest absolute Gasteiger partial charge is 0.355 e. The fraction of sp³-hybridized carbons (Fsp3) is 0.429. The molecule has 2 heterocycles. The maximum Gasteiger partial charge on any atom is 0.240 e. The maximum atomic E-state index is 12.4. The molecule has 1 aliphatic heterocycles. The molecule has 0 unspecified atom stereocenters. The maximum absolute atomic E-state index is 12.4. The summed E-state index contributed by atoms with van der Waals surface area (Å²) < 4.78 is 27.4. The lowest BCUT2D eigenvalue weighted by Gasteiger charge is -2.27. The molecule has 0 bridgehead atoms. The van der Waals surface area contributed by atoms with Crippen molar-refractivity contribution in [3.63, 3.8) is 0 Å². The van der Waals surface area contributed by atoms with E-state index in [4.69, 9.17) is 0 Å². The number of hydrogen-bond acceptors (Lipinski definition) is 5. The van der Waals surface area contributed by atoms with Crippen molar-refractivity contribution in [2.45, 2.75) is 44.6 Å². The lowest BCUT2D eigenvalue weighted by Crippen LogP contribution is -2.37. The number of carbonyl (C=O) groups excluding carboxylic acids is 2. The average molecular weight is 450 g/mol. The van der Waals surface area contributed by atoms with Gasteiger partial charge in [-0.1, -0.05) is 12.1 Å². The SMILES string of the molecule is Cc1ccc(C)c(S(=O)(=O)NCCNC(=O)CCC(=O)N2CCc3sccc3C2)c1. The molecule has 162 valence electrons. The Labute approximate surface area is 181 Å². The quantitative estimate of drug-likeness (QED) is 0.604. The fourth-order valence-electron chi connectivity index (χ4n) is 3.39. The van der Waals surface area contributed by atoms with Crippen molar-refractivity contribution in [2.75, 3.05) is 19.6 Å². The summed E-state index contributed by atoms with van der Waals surface area (Å²) in [6.07, 6.45) is 1.11. The van der Waals surface area contributed by atoms with Gasteiger partial charge in [0.2, 0.25) is 21.8 Å². The molecule has 1 aromatic carbocycles. The molecular formula is C21H27N3O4S2. The van der Waals surface area contributed by atoms with Crippen molar-refractivity contribution in [3.05, 3.63) is 51.2 Å². The van der Waals surface area contributed by atoms with Gasteiger partial charge in [-0.3, -0.25) is 9.59 Å². The van der Waals surface area contributed by atoms with Crippen LogP contribution in [0.5, 0.6) is 0 Å². The van der Waals surface area contributed by atoms with Gasteiger partial charge in [-0.25, -0.2) is 13.1 Å². The molecule has 1 aromatic heterocycles. The van der Waals surface area contributed by atoms with Gasteiger partial charge in [-0.05, 0) is 54.5 Å². The Morgan fingerprint density at radius 1 is 1.13 bits per heavy atom. The Morgan fingerprint density at radius 2 is 1.93 bits per heavy atom. The average Bonchev–Trinajstić information content (AvgIpc) is 3.19. The molecule has 1 aliphatic rings. The van der Waals surface area contributed by atoms with Gasteiger partial charge in [-0.2, -0.15) is 0 Å². The third-order valence-electron chi connectivity index (χ3n) is 5.10. The first-order valence-electron chi connectivity index (χ1n) is 9.93. The number of nitrogens with zero attached hydrogens (tertiary/aromatic N) is 1. The molecule has 0 radical (unpaired) electrons. The van der Waals surface area contributed by atoms with Gasteiger partial charge >= 0.3 is 0 Å². The first-order valence-corrected chi connectivity index (χ1v) is 12.3. The van der Waals surface area contributed by atoms with Gasteiger partial charge in [-0.15, -0.1) is 11.3 Å². The van der Waals surface area contributed by atoms with Crippen LogP contribution in [0.2, 0.25) is 0 Å². The summed E-state index contributed by atoms with van der Waals surface area (Å²) in [6, 6.07) is 7.30. The number of nitrogens with one attached hydrogen (secondary N) is 2. The van der Waals surface area contributed by atoms with E-state index in [2.05, 4.69) is 10.0 Å². The van der Waals surface area contributed by atoms with Gasteiger partial charge < -0.3 is 10.2 Å². The molecule has 2 aromatic rings. The summed E-state index contributed by atoms with van der Waals surface area (Å²) >= 11 is 1.72. The lowest BCUT2D eigenvalue weighted by molar-refractivity contribution is -0.134. The number of fused-ring (bicyclic) bond motifs is 1. The van der Waals surface area contributed by atoms with Crippen LogP contribution in [0.4, 0.5) is 0 Å². The monoisotopic (exact) mass is 449 g/mol.